The number of rotatable bonds is 0. The summed E-state index contributed by atoms with van der Waals surface area (Å²) >= 11 is 0. The van der Waals surface area contributed by atoms with E-state index in [1.807, 2.05) is 26.8 Å². The van der Waals surface area contributed by atoms with Gasteiger partial charge in [0.15, 0.2) is 0 Å². The Hall–Kier alpha value is -1.74. The molecule has 0 atom stereocenters. The Labute approximate surface area is 91.5 Å². The summed E-state index contributed by atoms with van der Waals surface area (Å²) in [5.41, 5.74) is 0.623. The van der Waals surface area contributed by atoms with E-state index < -0.39 is 0 Å². The van der Waals surface area contributed by atoms with Gasteiger partial charge in [0.25, 0.3) is 5.70 Å². The summed E-state index contributed by atoms with van der Waals surface area (Å²) in [5, 5.41) is 8.74. The highest BCUT2D eigenvalue weighted by Crippen LogP contribution is 2.31. The van der Waals surface area contributed by atoms with Crippen molar-refractivity contribution >= 4 is 0 Å². The largest absolute Gasteiger partial charge is 0.492 e. The lowest BCUT2D eigenvalue weighted by molar-refractivity contribution is 0.0292. The molecule has 1 rings (SSSR count). The van der Waals surface area contributed by atoms with Crippen LogP contribution in [-0.2, 0) is 4.74 Å². The van der Waals surface area contributed by atoms with E-state index in [9.17, 15) is 0 Å². The van der Waals surface area contributed by atoms with Crippen molar-refractivity contribution in [2.24, 2.45) is 0 Å². The lowest BCUT2D eigenvalue weighted by Gasteiger charge is -2.31. The van der Waals surface area contributed by atoms with E-state index in [0.29, 0.717) is 6.42 Å². The Morgan fingerprint density at radius 1 is 1.67 bits per heavy atom. The standard InChI is InChI=1S/C11H12N2O.CH4/c1-8-5-9(10(7-12)13-4)6-11(2,3)14-8;/h5H,6H2,1-3H3;1H4/b10-9-;. The maximum atomic E-state index is 8.74. The van der Waals surface area contributed by atoms with Gasteiger partial charge in [0.1, 0.15) is 5.60 Å². The third kappa shape index (κ3) is 3.14. The lowest BCUT2D eigenvalue weighted by Crippen LogP contribution is -2.27. The Bertz CT molecular complexity index is 373. The van der Waals surface area contributed by atoms with Gasteiger partial charge in [-0.1, -0.05) is 7.43 Å². The monoisotopic (exact) mass is 204 g/mol. The van der Waals surface area contributed by atoms with Crippen molar-refractivity contribution in [3.63, 3.8) is 0 Å². The minimum atomic E-state index is -0.318. The third-order valence-corrected chi connectivity index (χ3v) is 1.95. The molecule has 0 N–H and O–H groups in total. The number of nitrogens with zero attached hydrogens (tertiary/aromatic N) is 2. The molecule has 3 nitrogen and oxygen atoms in total. The minimum absolute atomic E-state index is 0. The highest BCUT2D eigenvalue weighted by atomic mass is 16.5. The molecular weight excluding hydrogens is 188 g/mol. The second-order valence-electron chi connectivity index (χ2n) is 3.89. The molecule has 80 valence electrons. The molecule has 3 heteroatoms. The molecule has 0 aromatic rings. The van der Waals surface area contributed by atoms with Gasteiger partial charge in [-0.3, -0.25) is 0 Å². The Morgan fingerprint density at radius 3 is 2.67 bits per heavy atom. The maximum absolute atomic E-state index is 8.74. The van der Waals surface area contributed by atoms with Crippen LogP contribution in [0.15, 0.2) is 23.1 Å². The summed E-state index contributed by atoms with van der Waals surface area (Å²) in [6.07, 6.45) is 2.37. The predicted molar refractivity (Wildman–Crippen MR) is 59.5 cm³/mol. The molecule has 0 aromatic carbocycles. The lowest BCUT2D eigenvalue weighted by atomic mass is 9.94. The average Bonchev–Trinajstić information content (AvgIpc) is 2.02. The van der Waals surface area contributed by atoms with Gasteiger partial charge in [-0.15, -0.1) is 0 Å². The molecule has 0 bridgehead atoms. The van der Waals surface area contributed by atoms with Gasteiger partial charge < -0.3 is 4.74 Å². The molecule has 1 aliphatic rings. The quantitative estimate of drug-likeness (QED) is 0.448. The van der Waals surface area contributed by atoms with E-state index >= 15 is 0 Å². The fourth-order valence-corrected chi connectivity index (χ4v) is 1.58. The van der Waals surface area contributed by atoms with Crippen molar-refractivity contribution in [1.29, 1.82) is 5.26 Å². The summed E-state index contributed by atoms with van der Waals surface area (Å²) in [7, 11) is 0. The van der Waals surface area contributed by atoms with Crippen LogP contribution < -0.4 is 0 Å². The molecule has 1 aliphatic heterocycles. The van der Waals surface area contributed by atoms with Crippen molar-refractivity contribution in [2.75, 3.05) is 0 Å². The van der Waals surface area contributed by atoms with Crippen molar-refractivity contribution < 1.29 is 4.74 Å². The van der Waals surface area contributed by atoms with Crippen LogP contribution in [0.25, 0.3) is 4.85 Å². The van der Waals surface area contributed by atoms with Crippen LogP contribution in [0.1, 0.15) is 34.6 Å². The fraction of sp³-hybridized carbons (Fsp3) is 0.500. The second-order valence-corrected chi connectivity index (χ2v) is 3.89. The van der Waals surface area contributed by atoms with Crippen molar-refractivity contribution in [2.45, 2.75) is 40.2 Å². The first-order chi connectivity index (χ1) is 6.48. The zero-order valence-corrected chi connectivity index (χ0v) is 8.59. The second kappa shape index (κ2) is 4.66. The smallest absolute Gasteiger partial charge is 0.265 e. The van der Waals surface area contributed by atoms with Crippen LogP contribution in [0.5, 0.6) is 0 Å². The molecular formula is C12H16N2O. The van der Waals surface area contributed by atoms with Gasteiger partial charge in [0.05, 0.1) is 18.4 Å². The van der Waals surface area contributed by atoms with Gasteiger partial charge in [-0.2, -0.15) is 0 Å². The number of allylic oxidation sites excluding steroid dienone is 3. The molecule has 1 heterocycles. The van der Waals surface area contributed by atoms with E-state index in [4.69, 9.17) is 16.6 Å². The molecule has 0 aliphatic carbocycles. The fourth-order valence-electron chi connectivity index (χ4n) is 1.58. The zero-order chi connectivity index (χ0) is 10.8. The summed E-state index contributed by atoms with van der Waals surface area (Å²) in [6, 6.07) is 1.91. The Morgan fingerprint density at radius 2 is 2.27 bits per heavy atom. The molecule has 0 fully saturated rings. The van der Waals surface area contributed by atoms with Gasteiger partial charge in [-0.25, -0.2) is 10.1 Å². The van der Waals surface area contributed by atoms with E-state index in [0.717, 1.165) is 11.3 Å². The first kappa shape index (κ1) is 13.3. The van der Waals surface area contributed by atoms with Crippen LogP contribution >= 0.6 is 0 Å². The van der Waals surface area contributed by atoms with Crippen LogP contribution in [0.4, 0.5) is 0 Å². The normalized spacial score (nSPS) is 21.0. The highest BCUT2D eigenvalue weighted by Gasteiger charge is 2.26. The molecule has 0 amide bonds. The van der Waals surface area contributed by atoms with Gasteiger partial charge in [-0.05, 0) is 32.4 Å². The molecule has 0 spiro atoms. The van der Waals surface area contributed by atoms with Gasteiger partial charge in [0, 0.05) is 6.42 Å². The van der Waals surface area contributed by atoms with Crippen LogP contribution in [0.2, 0.25) is 0 Å². The molecule has 15 heavy (non-hydrogen) atoms. The van der Waals surface area contributed by atoms with E-state index in [1.165, 1.54) is 0 Å². The molecule has 0 aromatic heterocycles. The predicted octanol–water partition coefficient (Wildman–Crippen LogP) is 3.42. The van der Waals surface area contributed by atoms with Crippen LogP contribution in [0.3, 0.4) is 0 Å². The summed E-state index contributed by atoms with van der Waals surface area (Å²) in [6.45, 7) is 12.6. The van der Waals surface area contributed by atoms with Gasteiger partial charge >= 0.3 is 0 Å². The van der Waals surface area contributed by atoms with Crippen molar-refractivity contribution in [3.8, 4) is 6.07 Å². The molecule has 0 unspecified atom stereocenters. The topological polar surface area (TPSA) is 37.4 Å². The number of ether oxygens (including phenoxy) is 1. The SMILES string of the molecule is C.[C-]#[N+]/C(C#N)=C1/C=C(C)OC(C)(C)C1. The van der Waals surface area contributed by atoms with E-state index in [-0.39, 0.29) is 18.7 Å². The molecule has 0 saturated heterocycles. The molecule has 0 saturated carbocycles. The minimum Gasteiger partial charge on any atom is -0.492 e. The van der Waals surface area contributed by atoms with Crippen LogP contribution in [0, 0.1) is 17.9 Å². The summed E-state index contributed by atoms with van der Waals surface area (Å²) in [5.74, 6) is 0.757. The van der Waals surface area contributed by atoms with Crippen molar-refractivity contribution in [3.05, 3.63) is 34.5 Å². The maximum Gasteiger partial charge on any atom is 0.265 e. The summed E-state index contributed by atoms with van der Waals surface area (Å²) in [4.78, 5) is 3.20. The molecule has 0 radical (unpaired) electrons. The van der Waals surface area contributed by atoms with Crippen LogP contribution in [-0.4, -0.2) is 5.60 Å². The number of nitriles is 1. The Kier molecular flexibility index (Phi) is 4.12. The number of hydrogen-bond donors (Lipinski definition) is 0. The summed E-state index contributed by atoms with van der Waals surface area (Å²) < 4.78 is 5.56. The average molecular weight is 204 g/mol. The first-order valence-corrected chi connectivity index (χ1v) is 4.36. The third-order valence-electron chi connectivity index (χ3n) is 1.95. The first-order valence-electron chi connectivity index (χ1n) is 4.36. The van der Waals surface area contributed by atoms with E-state index in [1.54, 1.807) is 6.08 Å². The number of hydrogen-bond acceptors (Lipinski definition) is 2. The van der Waals surface area contributed by atoms with E-state index in [2.05, 4.69) is 4.85 Å². The van der Waals surface area contributed by atoms with Gasteiger partial charge in [0.2, 0.25) is 0 Å². The Balaban J connectivity index is 0.00000196. The highest BCUT2D eigenvalue weighted by molar-refractivity contribution is 5.41. The zero-order valence-electron chi connectivity index (χ0n) is 8.59. The van der Waals surface area contributed by atoms with Crippen molar-refractivity contribution in [1.82, 2.24) is 0 Å².